The smallest absolute Gasteiger partial charge is 0.129 e. The predicted octanol–water partition coefficient (Wildman–Crippen LogP) is 2.85. The van der Waals surface area contributed by atoms with E-state index in [2.05, 4.69) is 37.1 Å². The van der Waals surface area contributed by atoms with Gasteiger partial charge in [-0.15, -0.1) is 0 Å². The van der Waals surface area contributed by atoms with Gasteiger partial charge in [0.2, 0.25) is 0 Å². The number of aryl methyl sites for hydroxylation is 1. The first-order valence-corrected chi connectivity index (χ1v) is 4.98. The number of hydrogen-bond acceptors (Lipinski definition) is 2. The fourth-order valence-electron chi connectivity index (χ4n) is 1.19. The Balaban J connectivity index is 2.74. The molecule has 2 heteroatoms. The molecule has 0 aromatic carbocycles. The minimum absolute atomic E-state index is 0.500. The Morgan fingerprint density at radius 2 is 2.23 bits per heavy atom. The van der Waals surface area contributed by atoms with Crippen LogP contribution in [0.5, 0.6) is 0 Å². The van der Waals surface area contributed by atoms with Crippen molar-refractivity contribution >= 4 is 5.82 Å². The number of anilines is 1. The van der Waals surface area contributed by atoms with Gasteiger partial charge in [0, 0.05) is 12.2 Å². The summed E-state index contributed by atoms with van der Waals surface area (Å²) in [6.07, 6.45) is 4.00. The molecule has 0 radical (unpaired) electrons. The van der Waals surface area contributed by atoms with Crippen molar-refractivity contribution in [2.24, 2.45) is 0 Å². The first-order chi connectivity index (χ1) is 6.27. The van der Waals surface area contributed by atoms with Crippen molar-refractivity contribution in [2.75, 3.05) is 5.32 Å². The Kier molecular flexibility index (Phi) is 3.74. The van der Waals surface area contributed by atoms with Crippen molar-refractivity contribution in [1.82, 2.24) is 4.98 Å². The summed E-state index contributed by atoms with van der Waals surface area (Å²) in [6, 6.07) is 4.61. The molecule has 0 saturated carbocycles. The van der Waals surface area contributed by atoms with Gasteiger partial charge < -0.3 is 5.32 Å². The molecule has 0 saturated heterocycles. The Morgan fingerprint density at radius 3 is 2.85 bits per heavy atom. The van der Waals surface area contributed by atoms with Gasteiger partial charge in [-0.05, 0) is 31.4 Å². The molecular weight excluding hydrogens is 160 g/mol. The molecule has 0 fully saturated rings. The molecule has 1 rings (SSSR count). The molecule has 1 atom stereocenters. The third-order valence-corrected chi connectivity index (χ3v) is 2.27. The molecule has 0 amide bonds. The van der Waals surface area contributed by atoms with E-state index in [9.17, 15) is 0 Å². The van der Waals surface area contributed by atoms with Crippen molar-refractivity contribution < 1.29 is 0 Å². The molecule has 0 aliphatic rings. The largest absolute Gasteiger partial charge is 0.367 e. The highest BCUT2D eigenvalue weighted by Crippen LogP contribution is 2.13. The van der Waals surface area contributed by atoms with E-state index < -0.39 is 0 Å². The van der Waals surface area contributed by atoms with Crippen LogP contribution in [0.15, 0.2) is 18.3 Å². The molecule has 1 unspecified atom stereocenters. The number of aromatic nitrogens is 1. The second-order valence-electron chi connectivity index (χ2n) is 3.32. The third kappa shape index (κ3) is 2.72. The first kappa shape index (κ1) is 10.0. The molecule has 0 aliphatic carbocycles. The molecule has 1 N–H and O–H groups in total. The summed E-state index contributed by atoms with van der Waals surface area (Å²) in [5.74, 6) is 1.04. The van der Waals surface area contributed by atoms with E-state index >= 15 is 0 Å². The Bertz CT molecular complexity index is 258. The molecule has 1 aromatic heterocycles. The van der Waals surface area contributed by atoms with Crippen molar-refractivity contribution in [3.63, 3.8) is 0 Å². The van der Waals surface area contributed by atoms with Gasteiger partial charge in [0.25, 0.3) is 0 Å². The monoisotopic (exact) mass is 178 g/mol. The summed E-state index contributed by atoms with van der Waals surface area (Å²) in [4.78, 5) is 4.33. The summed E-state index contributed by atoms with van der Waals surface area (Å²) >= 11 is 0. The van der Waals surface area contributed by atoms with E-state index in [0.717, 1.165) is 18.7 Å². The molecule has 0 spiro atoms. The maximum Gasteiger partial charge on any atom is 0.129 e. The molecule has 1 heterocycles. The number of hydrogen-bond donors (Lipinski definition) is 1. The number of rotatable bonds is 4. The zero-order chi connectivity index (χ0) is 9.68. The highest BCUT2D eigenvalue weighted by Gasteiger charge is 2.03. The van der Waals surface area contributed by atoms with Gasteiger partial charge in [0.05, 0.1) is 0 Å². The van der Waals surface area contributed by atoms with Gasteiger partial charge in [-0.1, -0.05) is 19.9 Å². The second-order valence-corrected chi connectivity index (χ2v) is 3.32. The van der Waals surface area contributed by atoms with Crippen LogP contribution in [0.3, 0.4) is 0 Å². The lowest BCUT2D eigenvalue weighted by atomic mass is 10.2. The fraction of sp³-hybridized carbons (Fsp3) is 0.545. The van der Waals surface area contributed by atoms with Gasteiger partial charge in [0.15, 0.2) is 0 Å². The molecule has 2 nitrogen and oxygen atoms in total. The van der Waals surface area contributed by atoms with Crippen LogP contribution in [-0.4, -0.2) is 11.0 Å². The summed E-state index contributed by atoms with van der Waals surface area (Å²) in [7, 11) is 0. The van der Waals surface area contributed by atoms with Gasteiger partial charge in [0.1, 0.15) is 5.82 Å². The normalized spacial score (nSPS) is 12.5. The van der Waals surface area contributed by atoms with Gasteiger partial charge in [-0.2, -0.15) is 0 Å². The van der Waals surface area contributed by atoms with Crippen LogP contribution in [0.2, 0.25) is 0 Å². The van der Waals surface area contributed by atoms with E-state index in [1.165, 1.54) is 5.56 Å². The summed E-state index contributed by atoms with van der Waals surface area (Å²) < 4.78 is 0. The van der Waals surface area contributed by atoms with Crippen LogP contribution in [0, 0.1) is 0 Å². The Morgan fingerprint density at radius 1 is 1.46 bits per heavy atom. The van der Waals surface area contributed by atoms with Crippen LogP contribution in [0.25, 0.3) is 0 Å². The maximum atomic E-state index is 4.33. The van der Waals surface area contributed by atoms with Crippen molar-refractivity contribution in [3.8, 4) is 0 Å². The van der Waals surface area contributed by atoms with Gasteiger partial charge in [-0.25, -0.2) is 4.98 Å². The van der Waals surface area contributed by atoms with Crippen molar-refractivity contribution in [2.45, 2.75) is 39.7 Å². The minimum Gasteiger partial charge on any atom is -0.367 e. The lowest BCUT2D eigenvalue weighted by Gasteiger charge is -2.14. The average Bonchev–Trinajstić information content (AvgIpc) is 2.18. The van der Waals surface area contributed by atoms with Crippen LogP contribution in [-0.2, 0) is 6.42 Å². The first-order valence-electron chi connectivity index (χ1n) is 4.98. The average molecular weight is 178 g/mol. The van der Waals surface area contributed by atoms with Crippen LogP contribution in [0.4, 0.5) is 5.82 Å². The van der Waals surface area contributed by atoms with E-state index in [4.69, 9.17) is 0 Å². The van der Waals surface area contributed by atoms with E-state index in [1.807, 2.05) is 12.3 Å². The van der Waals surface area contributed by atoms with Gasteiger partial charge in [-0.3, -0.25) is 0 Å². The summed E-state index contributed by atoms with van der Waals surface area (Å²) in [5, 5.41) is 3.40. The summed E-state index contributed by atoms with van der Waals surface area (Å²) in [5.41, 5.74) is 1.29. The Hall–Kier alpha value is -1.05. The lowest BCUT2D eigenvalue weighted by Crippen LogP contribution is -2.15. The summed E-state index contributed by atoms with van der Waals surface area (Å²) in [6.45, 7) is 6.50. The SMILES string of the molecule is CCc1cccnc1NC(C)CC. The predicted molar refractivity (Wildman–Crippen MR) is 57.0 cm³/mol. The van der Waals surface area contributed by atoms with Crippen LogP contribution >= 0.6 is 0 Å². The molecule has 72 valence electrons. The molecule has 13 heavy (non-hydrogen) atoms. The van der Waals surface area contributed by atoms with Crippen LogP contribution in [0.1, 0.15) is 32.8 Å². The van der Waals surface area contributed by atoms with E-state index in [1.54, 1.807) is 0 Å². The lowest BCUT2D eigenvalue weighted by molar-refractivity contribution is 0.756. The quantitative estimate of drug-likeness (QED) is 0.766. The number of nitrogens with one attached hydrogen (secondary N) is 1. The highest BCUT2D eigenvalue weighted by atomic mass is 15.0. The minimum atomic E-state index is 0.500. The number of nitrogens with zero attached hydrogens (tertiary/aromatic N) is 1. The van der Waals surface area contributed by atoms with Crippen molar-refractivity contribution in [3.05, 3.63) is 23.9 Å². The highest BCUT2D eigenvalue weighted by molar-refractivity contribution is 5.44. The standard InChI is InChI=1S/C11H18N2/c1-4-9(3)13-11-10(5-2)7-6-8-12-11/h6-9H,4-5H2,1-3H3,(H,12,13). The topological polar surface area (TPSA) is 24.9 Å². The molecule has 0 bridgehead atoms. The van der Waals surface area contributed by atoms with Gasteiger partial charge >= 0.3 is 0 Å². The number of pyridine rings is 1. The maximum absolute atomic E-state index is 4.33. The molecule has 0 aliphatic heterocycles. The van der Waals surface area contributed by atoms with E-state index in [0.29, 0.717) is 6.04 Å². The zero-order valence-electron chi connectivity index (χ0n) is 8.67. The third-order valence-electron chi connectivity index (χ3n) is 2.27. The van der Waals surface area contributed by atoms with E-state index in [-0.39, 0.29) is 0 Å². The molecular formula is C11H18N2. The van der Waals surface area contributed by atoms with Crippen molar-refractivity contribution in [1.29, 1.82) is 0 Å². The van der Waals surface area contributed by atoms with Crippen LogP contribution < -0.4 is 5.32 Å². The fourth-order valence-corrected chi connectivity index (χ4v) is 1.19. The second kappa shape index (κ2) is 4.85. The molecule has 1 aromatic rings. The Labute approximate surface area is 80.4 Å². The zero-order valence-corrected chi connectivity index (χ0v) is 8.67.